The van der Waals surface area contributed by atoms with Gasteiger partial charge in [0.15, 0.2) is 0 Å². The lowest BCUT2D eigenvalue weighted by Crippen LogP contribution is -2.17. The summed E-state index contributed by atoms with van der Waals surface area (Å²) in [5.41, 5.74) is 3.60. The molecule has 4 heteroatoms. The monoisotopic (exact) mass is 264 g/mol. The predicted molar refractivity (Wildman–Crippen MR) is 80.1 cm³/mol. The Labute approximate surface area is 118 Å². The Hall–Kier alpha value is -2.54. The van der Waals surface area contributed by atoms with Gasteiger partial charge in [-0.05, 0) is 49.2 Å². The Morgan fingerprint density at radius 1 is 1.05 bits per heavy atom. The van der Waals surface area contributed by atoms with Gasteiger partial charge in [-0.15, -0.1) is 0 Å². The maximum absolute atomic E-state index is 8.84. The molecule has 0 saturated carbocycles. The van der Waals surface area contributed by atoms with Gasteiger partial charge in [-0.25, -0.2) is 4.98 Å². The lowest BCUT2D eigenvalue weighted by molar-refractivity contribution is 0.949. The van der Waals surface area contributed by atoms with Gasteiger partial charge in [-0.1, -0.05) is 0 Å². The first kappa shape index (κ1) is 12.5. The van der Waals surface area contributed by atoms with Crippen molar-refractivity contribution >= 4 is 17.1 Å². The van der Waals surface area contributed by atoms with Gasteiger partial charge in [0.05, 0.1) is 0 Å². The molecule has 1 aliphatic rings. The molecule has 1 aromatic heterocycles. The van der Waals surface area contributed by atoms with Crippen molar-refractivity contribution in [3.05, 3.63) is 48.3 Å². The molecule has 0 bridgehead atoms. The number of nitrogens with one attached hydrogen (secondary N) is 1. The van der Waals surface area contributed by atoms with E-state index in [0.717, 1.165) is 24.5 Å². The van der Waals surface area contributed by atoms with Crippen molar-refractivity contribution in [2.45, 2.75) is 12.8 Å². The molecule has 1 N–H and O–H groups in total. The molecular formula is C16H16N4. The quantitative estimate of drug-likeness (QED) is 0.924. The third kappa shape index (κ3) is 2.72. The minimum Gasteiger partial charge on any atom is -0.372 e. The van der Waals surface area contributed by atoms with Crippen LogP contribution in [0.2, 0.25) is 0 Å². The summed E-state index contributed by atoms with van der Waals surface area (Å²) in [6.07, 6.45) is 4.21. The second-order valence-electron chi connectivity index (χ2n) is 4.91. The molecule has 0 unspecified atom stereocenters. The fraction of sp³-hybridized carbons (Fsp3) is 0.250. The molecule has 3 rings (SSSR count). The second kappa shape index (κ2) is 5.62. The Morgan fingerprint density at radius 2 is 1.80 bits per heavy atom. The number of nitriles is 1. The molecule has 4 nitrogen and oxygen atoms in total. The summed E-state index contributed by atoms with van der Waals surface area (Å²) in [5, 5.41) is 12.1. The van der Waals surface area contributed by atoms with E-state index >= 15 is 0 Å². The van der Waals surface area contributed by atoms with Gasteiger partial charge in [0.25, 0.3) is 0 Å². The standard InChI is InChI=1S/C16H16N4/c17-12-15-11-14(7-8-18-15)19-13-3-5-16(6-4-13)20-9-1-2-10-20/h3-8,11H,1-2,9-10H2,(H,18,19). The van der Waals surface area contributed by atoms with Crippen molar-refractivity contribution in [3.8, 4) is 6.07 Å². The van der Waals surface area contributed by atoms with Crippen LogP contribution in [-0.2, 0) is 0 Å². The molecule has 0 aliphatic carbocycles. The van der Waals surface area contributed by atoms with Crippen molar-refractivity contribution in [2.24, 2.45) is 0 Å². The van der Waals surface area contributed by atoms with Crippen LogP contribution < -0.4 is 10.2 Å². The maximum Gasteiger partial charge on any atom is 0.142 e. The molecule has 0 atom stereocenters. The average molecular weight is 264 g/mol. The number of rotatable bonds is 3. The molecule has 2 heterocycles. The molecule has 1 saturated heterocycles. The normalized spacial score (nSPS) is 14.1. The highest BCUT2D eigenvalue weighted by Crippen LogP contribution is 2.23. The Bertz CT molecular complexity index is 622. The molecule has 1 aliphatic heterocycles. The molecule has 1 fully saturated rings. The fourth-order valence-electron chi connectivity index (χ4n) is 2.47. The number of hydrogen-bond acceptors (Lipinski definition) is 4. The minimum atomic E-state index is 0.420. The zero-order valence-electron chi connectivity index (χ0n) is 11.2. The molecule has 100 valence electrons. The van der Waals surface area contributed by atoms with Crippen LogP contribution in [0.1, 0.15) is 18.5 Å². The number of benzene rings is 1. The van der Waals surface area contributed by atoms with Crippen molar-refractivity contribution in [2.75, 3.05) is 23.3 Å². The Morgan fingerprint density at radius 3 is 2.50 bits per heavy atom. The zero-order chi connectivity index (χ0) is 13.8. The van der Waals surface area contributed by atoms with Crippen molar-refractivity contribution in [1.29, 1.82) is 5.26 Å². The molecule has 2 aromatic rings. The van der Waals surface area contributed by atoms with E-state index in [2.05, 4.69) is 39.5 Å². The van der Waals surface area contributed by atoms with Gasteiger partial charge in [0.2, 0.25) is 0 Å². The van der Waals surface area contributed by atoms with E-state index in [-0.39, 0.29) is 0 Å². The van der Waals surface area contributed by atoms with Crippen LogP contribution in [0.4, 0.5) is 17.1 Å². The van der Waals surface area contributed by atoms with Crippen LogP contribution in [-0.4, -0.2) is 18.1 Å². The summed E-state index contributed by atoms with van der Waals surface area (Å²) in [6.45, 7) is 2.31. The van der Waals surface area contributed by atoms with Gasteiger partial charge >= 0.3 is 0 Å². The number of anilines is 3. The molecule has 0 spiro atoms. The van der Waals surface area contributed by atoms with Crippen LogP contribution in [0.15, 0.2) is 42.6 Å². The Kier molecular flexibility index (Phi) is 3.51. The highest BCUT2D eigenvalue weighted by molar-refractivity contribution is 5.63. The summed E-state index contributed by atoms with van der Waals surface area (Å²) in [4.78, 5) is 6.36. The smallest absolute Gasteiger partial charge is 0.142 e. The van der Waals surface area contributed by atoms with E-state index in [0.29, 0.717) is 5.69 Å². The highest BCUT2D eigenvalue weighted by Gasteiger charge is 2.11. The van der Waals surface area contributed by atoms with Gasteiger partial charge < -0.3 is 10.2 Å². The number of hydrogen-bond donors (Lipinski definition) is 1. The molecule has 0 radical (unpaired) electrons. The topological polar surface area (TPSA) is 52.0 Å². The second-order valence-corrected chi connectivity index (χ2v) is 4.91. The number of pyridine rings is 1. The first-order valence-corrected chi connectivity index (χ1v) is 6.83. The van der Waals surface area contributed by atoms with Crippen molar-refractivity contribution in [3.63, 3.8) is 0 Å². The number of aromatic nitrogens is 1. The minimum absolute atomic E-state index is 0.420. The first-order chi connectivity index (χ1) is 9.85. The van der Waals surface area contributed by atoms with E-state index in [9.17, 15) is 0 Å². The maximum atomic E-state index is 8.84. The summed E-state index contributed by atoms with van der Waals surface area (Å²) < 4.78 is 0. The van der Waals surface area contributed by atoms with E-state index in [1.165, 1.54) is 18.5 Å². The third-order valence-corrected chi connectivity index (χ3v) is 3.50. The summed E-state index contributed by atoms with van der Waals surface area (Å²) in [5.74, 6) is 0. The van der Waals surface area contributed by atoms with Crippen LogP contribution in [0.5, 0.6) is 0 Å². The van der Waals surface area contributed by atoms with Gasteiger partial charge in [0.1, 0.15) is 11.8 Å². The molecule has 0 amide bonds. The largest absolute Gasteiger partial charge is 0.372 e. The van der Waals surface area contributed by atoms with Crippen LogP contribution in [0.25, 0.3) is 0 Å². The molecular weight excluding hydrogens is 248 g/mol. The highest BCUT2D eigenvalue weighted by atomic mass is 15.1. The average Bonchev–Trinajstić information content (AvgIpc) is 3.02. The molecule has 20 heavy (non-hydrogen) atoms. The van der Waals surface area contributed by atoms with E-state index in [1.54, 1.807) is 12.3 Å². The van der Waals surface area contributed by atoms with Gasteiger partial charge in [-0.3, -0.25) is 0 Å². The number of nitrogens with zero attached hydrogens (tertiary/aromatic N) is 3. The summed E-state index contributed by atoms with van der Waals surface area (Å²) in [7, 11) is 0. The lowest BCUT2D eigenvalue weighted by Gasteiger charge is -2.18. The van der Waals surface area contributed by atoms with E-state index < -0.39 is 0 Å². The zero-order valence-corrected chi connectivity index (χ0v) is 11.2. The van der Waals surface area contributed by atoms with Crippen molar-refractivity contribution in [1.82, 2.24) is 4.98 Å². The van der Waals surface area contributed by atoms with E-state index in [1.807, 2.05) is 12.1 Å². The molecule has 1 aromatic carbocycles. The van der Waals surface area contributed by atoms with E-state index in [4.69, 9.17) is 5.26 Å². The lowest BCUT2D eigenvalue weighted by atomic mass is 10.2. The Balaban J connectivity index is 1.73. The summed E-state index contributed by atoms with van der Waals surface area (Å²) in [6, 6.07) is 14.1. The van der Waals surface area contributed by atoms with Crippen molar-refractivity contribution < 1.29 is 0 Å². The van der Waals surface area contributed by atoms with Gasteiger partial charge in [0, 0.05) is 36.3 Å². The third-order valence-electron chi connectivity index (χ3n) is 3.50. The first-order valence-electron chi connectivity index (χ1n) is 6.83. The predicted octanol–water partition coefficient (Wildman–Crippen LogP) is 3.30. The van der Waals surface area contributed by atoms with Gasteiger partial charge in [-0.2, -0.15) is 5.26 Å². The van der Waals surface area contributed by atoms with Crippen LogP contribution >= 0.6 is 0 Å². The SMILES string of the molecule is N#Cc1cc(Nc2ccc(N3CCCC3)cc2)ccn1. The van der Waals surface area contributed by atoms with Crippen LogP contribution in [0, 0.1) is 11.3 Å². The summed E-state index contributed by atoms with van der Waals surface area (Å²) >= 11 is 0. The fourth-order valence-corrected chi connectivity index (χ4v) is 2.47. The van der Waals surface area contributed by atoms with Crippen LogP contribution in [0.3, 0.4) is 0 Å².